The van der Waals surface area contributed by atoms with Gasteiger partial charge in [0.1, 0.15) is 5.82 Å². The number of halogens is 2. The summed E-state index contributed by atoms with van der Waals surface area (Å²) in [6, 6.07) is 4.08. The minimum Gasteiger partial charge on any atom is -0.326 e. The second-order valence-corrected chi connectivity index (χ2v) is 4.39. The fourth-order valence-corrected chi connectivity index (χ4v) is 1.87. The van der Waals surface area contributed by atoms with Crippen molar-refractivity contribution in [1.82, 2.24) is 9.78 Å². The lowest BCUT2D eigenvalue weighted by Crippen LogP contribution is -2.06. The van der Waals surface area contributed by atoms with Gasteiger partial charge >= 0.3 is 0 Å². The van der Waals surface area contributed by atoms with E-state index >= 15 is 0 Å². The Labute approximate surface area is 104 Å². The summed E-state index contributed by atoms with van der Waals surface area (Å²) in [5, 5.41) is 3.98. The molecule has 1 heterocycles. The Morgan fingerprint density at radius 1 is 1.28 bits per heavy atom. The van der Waals surface area contributed by atoms with Crippen LogP contribution >= 0.6 is 0 Å². The number of benzene rings is 1. The fraction of sp³-hybridized carbons (Fsp3) is 0.308. The van der Waals surface area contributed by atoms with Gasteiger partial charge in [0, 0.05) is 12.6 Å². The molecule has 2 N–H and O–H groups in total. The van der Waals surface area contributed by atoms with E-state index in [1.54, 1.807) is 6.07 Å². The first-order chi connectivity index (χ1) is 8.54. The summed E-state index contributed by atoms with van der Waals surface area (Å²) >= 11 is 0. The SMILES string of the molecule is CC(C)n1ncc(-c2cc(F)ccc2CN)c1F. The molecule has 18 heavy (non-hydrogen) atoms. The van der Waals surface area contributed by atoms with Gasteiger partial charge in [-0.2, -0.15) is 9.49 Å². The summed E-state index contributed by atoms with van der Waals surface area (Å²) < 4.78 is 28.7. The predicted molar refractivity (Wildman–Crippen MR) is 65.9 cm³/mol. The molecular weight excluding hydrogens is 236 g/mol. The summed E-state index contributed by atoms with van der Waals surface area (Å²) in [7, 11) is 0. The molecule has 3 nitrogen and oxygen atoms in total. The molecule has 0 unspecified atom stereocenters. The van der Waals surface area contributed by atoms with Crippen LogP contribution in [-0.2, 0) is 6.54 Å². The number of hydrogen-bond donors (Lipinski definition) is 1. The molecule has 0 atom stereocenters. The molecule has 0 saturated heterocycles. The molecule has 0 aliphatic rings. The maximum atomic E-state index is 14.2. The first-order valence-corrected chi connectivity index (χ1v) is 5.76. The van der Waals surface area contributed by atoms with Gasteiger partial charge in [0.25, 0.3) is 0 Å². The Hall–Kier alpha value is -1.75. The van der Waals surface area contributed by atoms with Crippen LogP contribution < -0.4 is 5.73 Å². The second-order valence-electron chi connectivity index (χ2n) is 4.39. The Bertz CT molecular complexity index is 561. The van der Waals surface area contributed by atoms with Gasteiger partial charge in [-0.1, -0.05) is 6.07 Å². The van der Waals surface area contributed by atoms with Crippen molar-refractivity contribution in [2.75, 3.05) is 0 Å². The predicted octanol–water partition coefficient (Wildman–Crippen LogP) is 2.87. The molecule has 0 bridgehead atoms. The standard InChI is InChI=1S/C13H15F2N3/c1-8(2)18-13(15)12(7-17-18)11-5-10(14)4-3-9(11)6-16/h3-5,7-8H,6,16H2,1-2H3. The van der Waals surface area contributed by atoms with E-state index in [1.807, 2.05) is 13.8 Å². The Morgan fingerprint density at radius 3 is 2.56 bits per heavy atom. The van der Waals surface area contributed by atoms with E-state index in [9.17, 15) is 8.78 Å². The molecule has 0 radical (unpaired) electrons. The largest absolute Gasteiger partial charge is 0.326 e. The van der Waals surface area contributed by atoms with E-state index < -0.39 is 11.8 Å². The fourth-order valence-electron chi connectivity index (χ4n) is 1.87. The summed E-state index contributed by atoms with van der Waals surface area (Å²) in [5.74, 6) is -0.885. The van der Waals surface area contributed by atoms with Crippen molar-refractivity contribution in [3.05, 3.63) is 41.7 Å². The van der Waals surface area contributed by atoms with Crippen molar-refractivity contribution < 1.29 is 8.78 Å². The van der Waals surface area contributed by atoms with Gasteiger partial charge in [-0.15, -0.1) is 0 Å². The van der Waals surface area contributed by atoms with Crippen LogP contribution in [0.2, 0.25) is 0 Å². The highest BCUT2D eigenvalue weighted by molar-refractivity contribution is 5.66. The van der Waals surface area contributed by atoms with Crippen molar-refractivity contribution in [3.63, 3.8) is 0 Å². The maximum absolute atomic E-state index is 14.2. The average Bonchev–Trinajstić information content (AvgIpc) is 2.71. The van der Waals surface area contributed by atoms with E-state index in [0.717, 1.165) is 0 Å². The van der Waals surface area contributed by atoms with Crippen molar-refractivity contribution >= 4 is 0 Å². The lowest BCUT2D eigenvalue weighted by molar-refractivity contribution is 0.417. The van der Waals surface area contributed by atoms with E-state index in [2.05, 4.69) is 5.10 Å². The number of hydrogen-bond acceptors (Lipinski definition) is 2. The molecular formula is C13H15F2N3. The summed E-state index contributed by atoms with van der Waals surface area (Å²) in [6.07, 6.45) is 1.41. The minimum atomic E-state index is -0.467. The second kappa shape index (κ2) is 4.86. The molecule has 0 amide bonds. The van der Waals surface area contributed by atoms with Gasteiger partial charge in [-0.05, 0) is 37.1 Å². The van der Waals surface area contributed by atoms with Crippen molar-refractivity contribution in [1.29, 1.82) is 0 Å². The zero-order chi connectivity index (χ0) is 13.3. The molecule has 0 spiro atoms. The smallest absolute Gasteiger partial charge is 0.219 e. The highest BCUT2D eigenvalue weighted by Crippen LogP contribution is 2.28. The molecule has 0 fully saturated rings. The molecule has 0 aliphatic heterocycles. The third-order valence-electron chi connectivity index (χ3n) is 2.81. The van der Waals surface area contributed by atoms with E-state index in [4.69, 9.17) is 5.73 Å². The third-order valence-corrected chi connectivity index (χ3v) is 2.81. The summed E-state index contributed by atoms with van der Waals surface area (Å²) in [5.41, 5.74) is 7.02. The number of nitrogens with zero attached hydrogens (tertiary/aromatic N) is 2. The zero-order valence-corrected chi connectivity index (χ0v) is 10.3. The first kappa shape index (κ1) is 12.7. The maximum Gasteiger partial charge on any atom is 0.219 e. The van der Waals surface area contributed by atoms with Gasteiger partial charge < -0.3 is 5.73 Å². The van der Waals surface area contributed by atoms with E-state index in [1.165, 1.54) is 23.0 Å². The first-order valence-electron chi connectivity index (χ1n) is 5.76. The van der Waals surface area contributed by atoms with Crippen LogP contribution in [0.5, 0.6) is 0 Å². The van der Waals surface area contributed by atoms with Gasteiger partial charge in [0.2, 0.25) is 5.95 Å². The molecule has 1 aromatic heterocycles. The van der Waals surface area contributed by atoms with Crippen LogP contribution in [0.4, 0.5) is 8.78 Å². The van der Waals surface area contributed by atoms with Crippen molar-refractivity contribution in [2.24, 2.45) is 5.73 Å². The minimum absolute atomic E-state index is 0.0892. The van der Waals surface area contributed by atoms with Crippen molar-refractivity contribution in [3.8, 4) is 11.1 Å². The molecule has 1 aromatic carbocycles. The van der Waals surface area contributed by atoms with Crippen LogP contribution in [-0.4, -0.2) is 9.78 Å². The normalized spacial score (nSPS) is 11.2. The van der Waals surface area contributed by atoms with Crippen LogP contribution in [0.1, 0.15) is 25.5 Å². The average molecular weight is 251 g/mol. The van der Waals surface area contributed by atoms with Crippen LogP contribution in [0.15, 0.2) is 24.4 Å². The molecule has 96 valence electrons. The van der Waals surface area contributed by atoms with Crippen LogP contribution in [0, 0.1) is 11.8 Å². The summed E-state index contributed by atoms with van der Waals surface area (Å²) in [4.78, 5) is 0. The lowest BCUT2D eigenvalue weighted by atomic mass is 10.0. The highest BCUT2D eigenvalue weighted by atomic mass is 19.1. The Morgan fingerprint density at radius 2 is 2.00 bits per heavy atom. The number of nitrogens with two attached hydrogens (primary N) is 1. The third kappa shape index (κ3) is 2.13. The highest BCUT2D eigenvalue weighted by Gasteiger charge is 2.16. The Balaban J connectivity index is 2.58. The Kier molecular flexibility index (Phi) is 3.43. The van der Waals surface area contributed by atoms with Gasteiger partial charge in [-0.3, -0.25) is 0 Å². The van der Waals surface area contributed by atoms with Crippen molar-refractivity contribution in [2.45, 2.75) is 26.4 Å². The topological polar surface area (TPSA) is 43.8 Å². The number of aromatic nitrogens is 2. The van der Waals surface area contributed by atoms with E-state index in [0.29, 0.717) is 11.1 Å². The van der Waals surface area contributed by atoms with Gasteiger partial charge in [0.05, 0.1) is 11.8 Å². The van der Waals surface area contributed by atoms with Crippen LogP contribution in [0.25, 0.3) is 11.1 Å². The van der Waals surface area contributed by atoms with E-state index in [-0.39, 0.29) is 18.2 Å². The summed E-state index contributed by atoms with van der Waals surface area (Å²) in [6.45, 7) is 3.88. The molecule has 2 aromatic rings. The van der Waals surface area contributed by atoms with Gasteiger partial charge in [0.15, 0.2) is 0 Å². The molecule has 5 heteroatoms. The van der Waals surface area contributed by atoms with Crippen LogP contribution in [0.3, 0.4) is 0 Å². The quantitative estimate of drug-likeness (QED) is 0.911. The lowest BCUT2D eigenvalue weighted by Gasteiger charge is -2.08. The molecule has 0 saturated carbocycles. The van der Waals surface area contributed by atoms with Gasteiger partial charge in [-0.25, -0.2) is 9.07 Å². The molecule has 0 aliphatic carbocycles. The zero-order valence-electron chi connectivity index (χ0n) is 10.3. The monoisotopic (exact) mass is 251 g/mol. The number of rotatable bonds is 3. The molecule has 2 rings (SSSR count).